The fraction of sp³-hybridized carbons (Fsp3) is 0.227. The van der Waals surface area contributed by atoms with E-state index in [0.717, 1.165) is 16.5 Å². The summed E-state index contributed by atoms with van der Waals surface area (Å²) in [4.78, 5) is 28.7. The van der Waals surface area contributed by atoms with Crippen LogP contribution >= 0.6 is 0 Å². The molecule has 0 aliphatic rings. The molecule has 6 heteroatoms. The molecule has 1 unspecified atom stereocenters. The van der Waals surface area contributed by atoms with E-state index in [-0.39, 0.29) is 12.3 Å². The highest BCUT2D eigenvalue weighted by Gasteiger charge is 2.35. The van der Waals surface area contributed by atoms with Gasteiger partial charge in [-0.3, -0.25) is 9.78 Å². The highest BCUT2D eigenvalue weighted by atomic mass is 16.4. The van der Waals surface area contributed by atoms with Crippen LogP contribution in [0.5, 0.6) is 0 Å². The molecule has 0 spiro atoms. The van der Waals surface area contributed by atoms with Crippen molar-refractivity contribution in [2.75, 3.05) is 6.54 Å². The molecule has 3 aromatic rings. The molecule has 0 radical (unpaired) electrons. The minimum absolute atomic E-state index is 0.154. The van der Waals surface area contributed by atoms with Gasteiger partial charge in [0.2, 0.25) is 5.91 Å². The molecule has 3 rings (SSSR count). The molecule has 1 heterocycles. The summed E-state index contributed by atoms with van der Waals surface area (Å²) >= 11 is 0. The number of nitrogens with one attached hydrogen (secondary N) is 2. The van der Waals surface area contributed by atoms with Crippen LogP contribution in [0.4, 0.5) is 4.79 Å². The third kappa shape index (κ3) is 4.85. The first-order valence-electron chi connectivity index (χ1n) is 9.14. The van der Waals surface area contributed by atoms with E-state index in [1.807, 2.05) is 66.7 Å². The minimum Gasteiger partial charge on any atom is -0.465 e. The molecule has 0 aliphatic heterocycles. The summed E-state index contributed by atoms with van der Waals surface area (Å²) < 4.78 is 0. The summed E-state index contributed by atoms with van der Waals surface area (Å²) in [6, 6.07) is 21.2. The zero-order valence-electron chi connectivity index (χ0n) is 15.7. The predicted octanol–water partition coefficient (Wildman–Crippen LogP) is 3.16. The van der Waals surface area contributed by atoms with Crippen molar-refractivity contribution in [3.8, 4) is 0 Å². The van der Waals surface area contributed by atoms with Crippen molar-refractivity contribution in [2.24, 2.45) is 0 Å². The number of carbonyl (C=O) groups excluding carboxylic acids is 1. The topological polar surface area (TPSA) is 91.3 Å². The van der Waals surface area contributed by atoms with Crippen molar-refractivity contribution in [3.05, 3.63) is 78.0 Å². The Kier molecular flexibility index (Phi) is 5.89. The van der Waals surface area contributed by atoms with Crippen LogP contribution in [0.1, 0.15) is 18.2 Å². The van der Waals surface area contributed by atoms with E-state index in [9.17, 15) is 14.7 Å². The Morgan fingerprint density at radius 3 is 2.46 bits per heavy atom. The third-order valence-electron chi connectivity index (χ3n) is 4.62. The number of hydrogen-bond donors (Lipinski definition) is 3. The van der Waals surface area contributed by atoms with Gasteiger partial charge in [-0.2, -0.15) is 0 Å². The molecule has 2 amide bonds. The Bertz CT molecular complexity index is 975. The van der Waals surface area contributed by atoms with Crippen LogP contribution in [-0.4, -0.2) is 34.2 Å². The molecule has 0 fully saturated rings. The van der Waals surface area contributed by atoms with E-state index in [2.05, 4.69) is 15.6 Å². The van der Waals surface area contributed by atoms with Crippen molar-refractivity contribution < 1.29 is 14.7 Å². The van der Waals surface area contributed by atoms with E-state index in [0.29, 0.717) is 18.7 Å². The Labute approximate surface area is 163 Å². The maximum atomic E-state index is 12.8. The van der Waals surface area contributed by atoms with Crippen molar-refractivity contribution in [3.63, 3.8) is 0 Å². The maximum absolute atomic E-state index is 12.8. The van der Waals surface area contributed by atoms with Crippen LogP contribution in [0.25, 0.3) is 10.9 Å². The summed E-state index contributed by atoms with van der Waals surface area (Å²) in [5.74, 6) is -0.374. The largest absolute Gasteiger partial charge is 0.465 e. The van der Waals surface area contributed by atoms with Crippen LogP contribution in [0.2, 0.25) is 0 Å². The smallest absolute Gasteiger partial charge is 0.405 e. The normalized spacial score (nSPS) is 12.9. The van der Waals surface area contributed by atoms with E-state index in [1.165, 1.54) is 0 Å². The lowest BCUT2D eigenvalue weighted by molar-refractivity contribution is -0.126. The van der Waals surface area contributed by atoms with E-state index in [1.54, 1.807) is 6.92 Å². The first-order valence-corrected chi connectivity index (χ1v) is 9.14. The summed E-state index contributed by atoms with van der Waals surface area (Å²) in [6.07, 6.45) is -0.424. The fourth-order valence-corrected chi connectivity index (χ4v) is 3.15. The lowest BCUT2D eigenvalue weighted by Crippen LogP contribution is -2.58. The Morgan fingerprint density at radius 2 is 1.71 bits per heavy atom. The molecule has 0 bridgehead atoms. The number of pyridine rings is 1. The number of para-hydroxylation sites is 1. The van der Waals surface area contributed by atoms with Gasteiger partial charge in [-0.1, -0.05) is 54.6 Å². The van der Waals surface area contributed by atoms with Gasteiger partial charge in [-0.25, -0.2) is 4.79 Å². The average Bonchev–Trinajstić information content (AvgIpc) is 2.68. The quantitative estimate of drug-likeness (QED) is 0.590. The van der Waals surface area contributed by atoms with Gasteiger partial charge >= 0.3 is 6.09 Å². The number of nitrogens with zero attached hydrogens (tertiary/aromatic N) is 1. The molecule has 0 aliphatic carbocycles. The number of fused-ring (bicyclic) bond motifs is 1. The monoisotopic (exact) mass is 377 g/mol. The number of carbonyl (C=O) groups is 2. The van der Waals surface area contributed by atoms with Gasteiger partial charge in [0.05, 0.1) is 5.52 Å². The average molecular weight is 377 g/mol. The summed E-state index contributed by atoms with van der Waals surface area (Å²) in [7, 11) is 0. The molecular formula is C22H23N3O3. The predicted molar refractivity (Wildman–Crippen MR) is 108 cm³/mol. The molecule has 2 aromatic carbocycles. The molecule has 1 atom stereocenters. The second kappa shape index (κ2) is 8.52. The summed E-state index contributed by atoms with van der Waals surface area (Å²) in [5, 5.41) is 15.4. The standard InChI is InChI=1S/C22H23N3O3/c1-22(25-21(27)28,20(26)23-14-13-16-7-3-2-4-8-16)15-18-12-11-17-9-5-6-10-19(17)24-18/h2-12,25H,13-15H2,1H3,(H,23,26)(H,27,28). The van der Waals surface area contributed by atoms with Crippen molar-refractivity contribution in [1.29, 1.82) is 0 Å². The number of carboxylic acid groups (broad SMARTS) is 1. The van der Waals surface area contributed by atoms with Gasteiger partial charge in [-0.05, 0) is 31.0 Å². The van der Waals surface area contributed by atoms with Gasteiger partial charge in [-0.15, -0.1) is 0 Å². The van der Waals surface area contributed by atoms with Crippen LogP contribution in [0.15, 0.2) is 66.7 Å². The fourth-order valence-electron chi connectivity index (χ4n) is 3.15. The molecule has 1 aromatic heterocycles. The second-order valence-corrected chi connectivity index (χ2v) is 6.93. The van der Waals surface area contributed by atoms with Crippen LogP contribution in [0, 0.1) is 0 Å². The number of hydrogen-bond acceptors (Lipinski definition) is 3. The minimum atomic E-state index is -1.32. The molecule has 28 heavy (non-hydrogen) atoms. The second-order valence-electron chi connectivity index (χ2n) is 6.93. The Balaban J connectivity index is 1.72. The van der Waals surface area contributed by atoms with Gasteiger partial charge in [0.1, 0.15) is 5.54 Å². The molecule has 0 saturated carbocycles. The lowest BCUT2D eigenvalue weighted by Gasteiger charge is -2.28. The van der Waals surface area contributed by atoms with Crippen molar-refractivity contribution >= 4 is 22.9 Å². The summed E-state index contributed by atoms with van der Waals surface area (Å²) in [6.45, 7) is 2.00. The molecule has 0 saturated heterocycles. The van der Waals surface area contributed by atoms with Crippen LogP contribution in [0.3, 0.4) is 0 Å². The molecule has 144 valence electrons. The van der Waals surface area contributed by atoms with Crippen LogP contribution in [-0.2, 0) is 17.6 Å². The van der Waals surface area contributed by atoms with Gasteiger partial charge in [0.25, 0.3) is 0 Å². The number of amides is 2. The van der Waals surface area contributed by atoms with Gasteiger partial charge in [0.15, 0.2) is 0 Å². The molecular weight excluding hydrogens is 354 g/mol. The zero-order chi connectivity index (χ0) is 20.0. The number of benzene rings is 2. The highest BCUT2D eigenvalue weighted by Crippen LogP contribution is 2.17. The number of rotatable bonds is 7. The first kappa shape index (κ1) is 19.4. The molecule has 3 N–H and O–H groups in total. The zero-order valence-corrected chi connectivity index (χ0v) is 15.7. The SMILES string of the molecule is CC(Cc1ccc2ccccc2n1)(NC(=O)O)C(=O)NCCc1ccccc1. The van der Waals surface area contributed by atoms with Crippen molar-refractivity contribution in [2.45, 2.75) is 25.3 Å². The van der Waals surface area contributed by atoms with E-state index >= 15 is 0 Å². The summed E-state index contributed by atoms with van der Waals surface area (Å²) in [5.41, 5.74) is 1.24. The van der Waals surface area contributed by atoms with Crippen LogP contribution < -0.4 is 10.6 Å². The van der Waals surface area contributed by atoms with E-state index < -0.39 is 11.6 Å². The Morgan fingerprint density at radius 1 is 1.00 bits per heavy atom. The van der Waals surface area contributed by atoms with E-state index in [4.69, 9.17) is 0 Å². The number of aromatic nitrogens is 1. The highest BCUT2D eigenvalue weighted by molar-refractivity contribution is 5.89. The van der Waals surface area contributed by atoms with Crippen molar-refractivity contribution in [1.82, 2.24) is 15.6 Å². The first-order chi connectivity index (χ1) is 13.5. The molecule has 6 nitrogen and oxygen atoms in total. The van der Waals surface area contributed by atoms with Gasteiger partial charge < -0.3 is 15.7 Å². The lowest BCUT2D eigenvalue weighted by atomic mass is 9.93. The van der Waals surface area contributed by atoms with Gasteiger partial charge in [0, 0.05) is 24.0 Å². The Hall–Kier alpha value is -3.41. The maximum Gasteiger partial charge on any atom is 0.405 e. The third-order valence-corrected chi connectivity index (χ3v) is 4.62.